The van der Waals surface area contributed by atoms with Gasteiger partial charge in [0.05, 0.1) is 5.56 Å². The van der Waals surface area contributed by atoms with Crippen LogP contribution in [0.4, 0.5) is 0 Å². The van der Waals surface area contributed by atoms with Gasteiger partial charge >= 0.3 is 5.97 Å². The van der Waals surface area contributed by atoms with Crippen molar-refractivity contribution < 1.29 is 14.7 Å². The van der Waals surface area contributed by atoms with Crippen molar-refractivity contribution in [3.63, 3.8) is 0 Å². The van der Waals surface area contributed by atoms with E-state index in [1.807, 2.05) is 35.4 Å². The summed E-state index contributed by atoms with van der Waals surface area (Å²) in [5, 5.41) is 9.33. The summed E-state index contributed by atoms with van der Waals surface area (Å²) in [5.41, 5.74) is 2.01. The van der Waals surface area contributed by atoms with Crippen LogP contribution in [0.3, 0.4) is 0 Å². The molecule has 130 valence electrons. The summed E-state index contributed by atoms with van der Waals surface area (Å²) in [5.74, 6) is -0.469. The number of aromatic nitrogens is 1. The topological polar surface area (TPSA) is 62.5 Å². The van der Waals surface area contributed by atoms with Gasteiger partial charge in [-0.1, -0.05) is 18.2 Å². The number of amides is 1. The number of rotatable bonds is 5. The number of carboxylic acids is 1. The summed E-state index contributed by atoms with van der Waals surface area (Å²) in [6, 6.07) is 11.5. The first-order chi connectivity index (χ1) is 12.1. The van der Waals surface area contributed by atoms with Crippen molar-refractivity contribution in [1.29, 1.82) is 0 Å². The number of nitrogens with zero attached hydrogens (tertiary/aromatic N) is 2. The molecular weight excluding hydrogens is 316 g/mol. The molecule has 0 bridgehead atoms. The van der Waals surface area contributed by atoms with Gasteiger partial charge in [-0.25, -0.2) is 4.79 Å². The molecule has 1 aliphatic heterocycles. The van der Waals surface area contributed by atoms with E-state index in [1.54, 1.807) is 12.1 Å². The van der Waals surface area contributed by atoms with Crippen molar-refractivity contribution in [3.05, 3.63) is 59.4 Å². The van der Waals surface area contributed by atoms with Crippen molar-refractivity contribution in [1.82, 2.24) is 9.47 Å². The lowest BCUT2D eigenvalue weighted by atomic mass is 9.95. The Hall–Kier alpha value is -2.56. The fourth-order valence-corrected chi connectivity index (χ4v) is 3.81. The SMILES string of the molecule is O=C(O)c1ccccc1CC1CCN(C(=O)c2cccn2C2CC2)C1. The third kappa shape index (κ3) is 3.18. The molecular formula is C20H22N2O3. The third-order valence-electron chi connectivity index (χ3n) is 5.27. The molecule has 1 unspecified atom stereocenters. The van der Waals surface area contributed by atoms with Crippen molar-refractivity contribution >= 4 is 11.9 Å². The molecule has 2 aromatic rings. The second-order valence-electron chi connectivity index (χ2n) is 7.10. The van der Waals surface area contributed by atoms with Crippen LogP contribution in [0.1, 0.15) is 51.7 Å². The maximum absolute atomic E-state index is 12.8. The summed E-state index contributed by atoms with van der Waals surface area (Å²) in [6.07, 6.45) is 5.94. The normalized spacial score (nSPS) is 20.0. The Bertz CT molecular complexity index is 807. The monoisotopic (exact) mass is 338 g/mol. The zero-order chi connectivity index (χ0) is 17.4. The van der Waals surface area contributed by atoms with Gasteiger partial charge in [0.25, 0.3) is 5.91 Å². The average molecular weight is 338 g/mol. The highest BCUT2D eigenvalue weighted by atomic mass is 16.4. The van der Waals surface area contributed by atoms with Gasteiger partial charge < -0.3 is 14.6 Å². The fourth-order valence-electron chi connectivity index (χ4n) is 3.81. The van der Waals surface area contributed by atoms with Crippen LogP contribution >= 0.6 is 0 Å². The lowest BCUT2D eigenvalue weighted by Crippen LogP contribution is -2.30. The highest BCUT2D eigenvalue weighted by Gasteiger charge is 2.32. The van der Waals surface area contributed by atoms with Crippen LogP contribution in [0, 0.1) is 5.92 Å². The molecule has 1 aliphatic carbocycles. The molecule has 0 radical (unpaired) electrons. The van der Waals surface area contributed by atoms with E-state index in [4.69, 9.17) is 0 Å². The number of hydrogen-bond acceptors (Lipinski definition) is 2. The lowest BCUT2D eigenvalue weighted by Gasteiger charge is -2.18. The summed E-state index contributed by atoms with van der Waals surface area (Å²) < 4.78 is 2.11. The van der Waals surface area contributed by atoms with E-state index in [0.29, 0.717) is 30.5 Å². The van der Waals surface area contributed by atoms with Gasteiger partial charge in [0.15, 0.2) is 0 Å². The maximum Gasteiger partial charge on any atom is 0.335 e. The Kier molecular flexibility index (Phi) is 4.07. The highest BCUT2D eigenvalue weighted by molar-refractivity contribution is 5.93. The molecule has 1 amide bonds. The maximum atomic E-state index is 12.8. The van der Waals surface area contributed by atoms with Gasteiger partial charge in [-0.3, -0.25) is 4.79 Å². The predicted molar refractivity (Wildman–Crippen MR) is 93.8 cm³/mol. The molecule has 4 rings (SSSR count). The Labute approximate surface area is 146 Å². The molecule has 1 saturated carbocycles. The second kappa shape index (κ2) is 6.39. The lowest BCUT2D eigenvalue weighted by molar-refractivity contribution is 0.0693. The van der Waals surface area contributed by atoms with Gasteiger partial charge in [-0.05, 0) is 55.4 Å². The van der Waals surface area contributed by atoms with Crippen LogP contribution < -0.4 is 0 Å². The highest BCUT2D eigenvalue weighted by Crippen LogP contribution is 2.36. The molecule has 2 heterocycles. The molecule has 0 spiro atoms. The van der Waals surface area contributed by atoms with E-state index >= 15 is 0 Å². The van der Waals surface area contributed by atoms with Crippen LogP contribution in [0.25, 0.3) is 0 Å². The summed E-state index contributed by atoms with van der Waals surface area (Å²) in [6.45, 7) is 1.44. The molecule has 2 fully saturated rings. The Morgan fingerprint density at radius 3 is 2.64 bits per heavy atom. The molecule has 1 saturated heterocycles. The molecule has 1 aromatic carbocycles. The minimum absolute atomic E-state index is 0.103. The second-order valence-corrected chi connectivity index (χ2v) is 7.10. The zero-order valence-electron chi connectivity index (χ0n) is 14.1. The van der Waals surface area contributed by atoms with Crippen LogP contribution in [0.5, 0.6) is 0 Å². The fraction of sp³-hybridized carbons (Fsp3) is 0.400. The number of benzene rings is 1. The van der Waals surface area contributed by atoms with E-state index in [9.17, 15) is 14.7 Å². The molecule has 5 nitrogen and oxygen atoms in total. The number of carboxylic acid groups (broad SMARTS) is 1. The number of hydrogen-bond donors (Lipinski definition) is 1. The Morgan fingerprint density at radius 1 is 1.08 bits per heavy atom. The number of carbonyl (C=O) groups is 2. The summed E-state index contributed by atoms with van der Waals surface area (Å²) in [4.78, 5) is 26.1. The smallest absolute Gasteiger partial charge is 0.335 e. The van der Waals surface area contributed by atoms with Crippen LogP contribution in [-0.4, -0.2) is 39.5 Å². The molecule has 2 aliphatic rings. The minimum Gasteiger partial charge on any atom is -0.478 e. The molecule has 1 aromatic heterocycles. The first kappa shape index (κ1) is 15.9. The predicted octanol–water partition coefficient (Wildman–Crippen LogP) is 3.23. The number of carbonyl (C=O) groups excluding carboxylic acids is 1. The standard InChI is InChI=1S/C20H22N2O3/c23-19(18-6-3-10-22(18)16-7-8-16)21-11-9-14(13-21)12-15-4-1-2-5-17(15)20(24)25/h1-6,10,14,16H,7-9,11-13H2,(H,24,25). The van der Waals surface area contributed by atoms with Crippen LogP contribution in [0.15, 0.2) is 42.6 Å². The van der Waals surface area contributed by atoms with E-state index < -0.39 is 5.97 Å². The number of likely N-dealkylation sites (tertiary alicyclic amines) is 1. The first-order valence-corrected chi connectivity index (χ1v) is 8.91. The van der Waals surface area contributed by atoms with Gasteiger partial charge in [0.1, 0.15) is 5.69 Å². The van der Waals surface area contributed by atoms with Crippen LogP contribution in [0.2, 0.25) is 0 Å². The molecule has 1 atom stereocenters. The molecule has 25 heavy (non-hydrogen) atoms. The van der Waals surface area contributed by atoms with Gasteiger partial charge in [-0.15, -0.1) is 0 Å². The minimum atomic E-state index is -0.885. The Balaban J connectivity index is 1.44. The van der Waals surface area contributed by atoms with E-state index in [2.05, 4.69) is 4.57 Å². The quantitative estimate of drug-likeness (QED) is 0.910. The zero-order valence-corrected chi connectivity index (χ0v) is 14.1. The summed E-state index contributed by atoms with van der Waals surface area (Å²) in [7, 11) is 0. The number of aromatic carboxylic acids is 1. The average Bonchev–Trinajstić information content (AvgIpc) is 3.15. The van der Waals surface area contributed by atoms with Gasteiger partial charge in [0.2, 0.25) is 0 Å². The van der Waals surface area contributed by atoms with Crippen molar-refractivity contribution in [2.45, 2.75) is 31.7 Å². The third-order valence-corrected chi connectivity index (χ3v) is 5.27. The Morgan fingerprint density at radius 2 is 1.88 bits per heavy atom. The van der Waals surface area contributed by atoms with E-state index in [1.165, 1.54) is 0 Å². The first-order valence-electron chi connectivity index (χ1n) is 8.91. The molecule has 1 N–H and O–H groups in total. The van der Waals surface area contributed by atoms with Crippen molar-refractivity contribution in [2.75, 3.05) is 13.1 Å². The van der Waals surface area contributed by atoms with E-state index in [-0.39, 0.29) is 5.91 Å². The van der Waals surface area contributed by atoms with Crippen LogP contribution in [-0.2, 0) is 6.42 Å². The largest absolute Gasteiger partial charge is 0.478 e. The summed E-state index contributed by atoms with van der Waals surface area (Å²) >= 11 is 0. The van der Waals surface area contributed by atoms with Gasteiger partial charge in [0, 0.05) is 25.3 Å². The van der Waals surface area contributed by atoms with Crippen molar-refractivity contribution in [2.24, 2.45) is 5.92 Å². The van der Waals surface area contributed by atoms with Crippen molar-refractivity contribution in [3.8, 4) is 0 Å². The van der Waals surface area contributed by atoms with E-state index in [0.717, 1.165) is 37.1 Å². The van der Waals surface area contributed by atoms with Gasteiger partial charge in [-0.2, -0.15) is 0 Å². The molecule has 5 heteroatoms.